The lowest BCUT2D eigenvalue weighted by Gasteiger charge is -2.01. The molecule has 18 heavy (non-hydrogen) atoms. The standard InChI is InChI=1S/C7H8N2O3.3C2H6/c1-11-6-3-7(12-2)9-5(4-10)8-6;3*1-2/h3-4H,1-2H3;3*1-2H3. The molecule has 5 heteroatoms. The summed E-state index contributed by atoms with van der Waals surface area (Å²) in [5, 5.41) is 0. The Labute approximate surface area is 111 Å². The Morgan fingerprint density at radius 1 is 0.889 bits per heavy atom. The summed E-state index contributed by atoms with van der Waals surface area (Å²) in [5.41, 5.74) is 0. The van der Waals surface area contributed by atoms with Crippen molar-refractivity contribution < 1.29 is 14.3 Å². The van der Waals surface area contributed by atoms with Gasteiger partial charge in [0.15, 0.2) is 12.1 Å². The maximum atomic E-state index is 10.3. The van der Waals surface area contributed by atoms with Crippen molar-refractivity contribution >= 4 is 6.29 Å². The largest absolute Gasteiger partial charge is 0.481 e. The van der Waals surface area contributed by atoms with Crippen molar-refractivity contribution in [3.8, 4) is 11.8 Å². The van der Waals surface area contributed by atoms with Gasteiger partial charge in [0.2, 0.25) is 11.8 Å². The molecule has 0 amide bonds. The molecule has 1 heterocycles. The van der Waals surface area contributed by atoms with E-state index < -0.39 is 0 Å². The van der Waals surface area contributed by atoms with E-state index in [2.05, 4.69) is 9.97 Å². The van der Waals surface area contributed by atoms with Crippen LogP contribution < -0.4 is 9.47 Å². The maximum Gasteiger partial charge on any atom is 0.220 e. The topological polar surface area (TPSA) is 61.3 Å². The van der Waals surface area contributed by atoms with E-state index in [1.54, 1.807) is 0 Å². The molecule has 0 fully saturated rings. The van der Waals surface area contributed by atoms with Crippen molar-refractivity contribution in [1.29, 1.82) is 0 Å². The van der Waals surface area contributed by atoms with E-state index in [0.29, 0.717) is 18.0 Å². The van der Waals surface area contributed by atoms with Crippen LogP contribution in [0.15, 0.2) is 6.07 Å². The molecule has 0 aliphatic heterocycles. The zero-order valence-electron chi connectivity index (χ0n) is 12.8. The highest BCUT2D eigenvalue weighted by molar-refractivity contribution is 5.69. The summed E-state index contributed by atoms with van der Waals surface area (Å²) in [4.78, 5) is 17.8. The van der Waals surface area contributed by atoms with Crippen LogP contribution in [-0.4, -0.2) is 30.5 Å². The molecule has 5 nitrogen and oxygen atoms in total. The van der Waals surface area contributed by atoms with Crippen molar-refractivity contribution in [2.24, 2.45) is 0 Å². The molecule has 0 saturated heterocycles. The van der Waals surface area contributed by atoms with Crippen LogP contribution in [0, 0.1) is 0 Å². The van der Waals surface area contributed by atoms with Crippen molar-refractivity contribution in [3.05, 3.63) is 11.9 Å². The van der Waals surface area contributed by atoms with Gasteiger partial charge in [-0.2, -0.15) is 9.97 Å². The first-order valence-electron chi connectivity index (χ1n) is 6.22. The van der Waals surface area contributed by atoms with Gasteiger partial charge in [-0.1, -0.05) is 41.5 Å². The van der Waals surface area contributed by atoms with Gasteiger partial charge in [-0.25, -0.2) is 0 Å². The van der Waals surface area contributed by atoms with Gasteiger partial charge in [-0.05, 0) is 0 Å². The van der Waals surface area contributed by atoms with Crippen LogP contribution in [0.3, 0.4) is 0 Å². The number of ether oxygens (including phenoxy) is 2. The van der Waals surface area contributed by atoms with Crippen LogP contribution in [0.2, 0.25) is 0 Å². The van der Waals surface area contributed by atoms with Crippen LogP contribution >= 0.6 is 0 Å². The number of nitrogens with zero attached hydrogens (tertiary/aromatic N) is 2. The van der Waals surface area contributed by atoms with Crippen molar-refractivity contribution in [2.45, 2.75) is 41.5 Å². The molecule has 1 rings (SSSR count). The Kier molecular flexibility index (Phi) is 21.3. The Balaban J connectivity index is -0.000000328. The smallest absolute Gasteiger partial charge is 0.220 e. The maximum absolute atomic E-state index is 10.3. The lowest BCUT2D eigenvalue weighted by atomic mass is 10.5. The number of carbonyl (C=O) groups excluding carboxylic acids is 1. The van der Waals surface area contributed by atoms with Crippen LogP contribution in [0.5, 0.6) is 11.8 Å². The molecule has 0 atom stereocenters. The summed E-state index contributed by atoms with van der Waals surface area (Å²) in [6.07, 6.45) is 0.533. The number of hydrogen-bond acceptors (Lipinski definition) is 5. The van der Waals surface area contributed by atoms with Gasteiger partial charge < -0.3 is 9.47 Å². The average molecular weight is 258 g/mol. The first-order valence-corrected chi connectivity index (χ1v) is 6.22. The van der Waals surface area contributed by atoms with Gasteiger partial charge >= 0.3 is 0 Å². The van der Waals surface area contributed by atoms with Crippen LogP contribution in [0.4, 0.5) is 0 Å². The second kappa shape index (κ2) is 17.7. The summed E-state index contributed by atoms with van der Waals surface area (Å²) in [7, 11) is 2.91. The molecule has 106 valence electrons. The fourth-order valence-electron chi connectivity index (χ4n) is 0.683. The molecule has 1 aromatic rings. The second-order valence-electron chi connectivity index (χ2n) is 1.93. The number of carbonyl (C=O) groups is 1. The van der Waals surface area contributed by atoms with E-state index in [1.165, 1.54) is 20.3 Å². The van der Waals surface area contributed by atoms with Gasteiger partial charge in [-0.15, -0.1) is 0 Å². The summed E-state index contributed by atoms with van der Waals surface area (Å²) < 4.78 is 9.62. The number of aromatic nitrogens is 2. The fourth-order valence-corrected chi connectivity index (χ4v) is 0.683. The Morgan fingerprint density at radius 3 is 1.44 bits per heavy atom. The molecule has 0 aliphatic rings. The Morgan fingerprint density at radius 2 is 1.22 bits per heavy atom. The van der Waals surface area contributed by atoms with Gasteiger partial charge in [0.1, 0.15) is 0 Å². The fraction of sp³-hybridized carbons (Fsp3) is 0.615. The second-order valence-corrected chi connectivity index (χ2v) is 1.93. The minimum absolute atomic E-state index is 0.0474. The van der Waals surface area contributed by atoms with Crippen molar-refractivity contribution in [3.63, 3.8) is 0 Å². The molecule has 0 saturated carbocycles. The third-order valence-electron chi connectivity index (χ3n) is 1.22. The summed E-state index contributed by atoms with van der Waals surface area (Å²) >= 11 is 0. The molecule has 1 aromatic heterocycles. The third-order valence-corrected chi connectivity index (χ3v) is 1.22. The molecule has 0 unspecified atom stereocenters. The number of rotatable bonds is 3. The summed E-state index contributed by atoms with van der Waals surface area (Å²) in [5.74, 6) is 0.666. The lowest BCUT2D eigenvalue weighted by Crippen LogP contribution is -1.98. The van der Waals surface area contributed by atoms with Gasteiger partial charge in [0, 0.05) is 0 Å². The van der Waals surface area contributed by atoms with Gasteiger partial charge in [-0.3, -0.25) is 4.79 Å². The highest BCUT2D eigenvalue weighted by atomic mass is 16.5. The molecule has 0 spiro atoms. The molecule has 0 N–H and O–H groups in total. The molecule has 0 bridgehead atoms. The van der Waals surface area contributed by atoms with E-state index in [0.717, 1.165) is 0 Å². The van der Waals surface area contributed by atoms with Crippen molar-refractivity contribution in [1.82, 2.24) is 9.97 Å². The van der Waals surface area contributed by atoms with E-state index >= 15 is 0 Å². The quantitative estimate of drug-likeness (QED) is 0.778. The predicted octanol–water partition coefficient (Wildman–Crippen LogP) is 3.38. The average Bonchev–Trinajstić information content (AvgIpc) is 2.52. The number of hydrogen-bond donors (Lipinski definition) is 0. The summed E-state index contributed by atoms with van der Waals surface area (Å²) in [6.45, 7) is 12.0. The van der Waals surface area contributed by atoms with Crippen LogP contribution in [0.25, 0.3) is 0 Å². The SMILES string of the molecule is CC.CC.CC.COc1cc(OC)nc(C=O)n1. The molecule has 0 radical (unpaired) electrons. The molecule has 0 aromatic carbocycles. The molecular weight excluding hydrogens is 232 g/mol. The van der Waals surface area contributed by atoms with E-state index in [9.17, 15) is 4.79 Å². The zero-order valence-corrected chi connectivity index (χ0v) is 12.8. The minimum Gasteiger partial charge on any atom is -0.481 e. The first-order chi connectivity index (χ1) is 8.80. The van der Waals surface area contributed by atoms with E-state index in [-0.39, 0.29) is 5.82 Å². The molecule has 0 aliphatic carbocycles. The zero-order chi connectivity index (χ0) is 15.0. The van der Waals surface area contributed by atoms with Gasteiger partial charge in [0.25, 0.3) is 0 Å². The minimum atomic E-state index is 0.0474. The number of methoxy groups -OCH3 is 2. The van der Waals surface area contributed by atoms with Crippen molar-refractivity contribution in [2.75, 3.05) is 14.2 Å². The van der Waals surface area contributed by atoms with E-state index in [1.807, 2.05) is 41.5 Å². The van der Waals surface area contributed by atoms with Gasteiger partial charge in [0.05, 0.1) is 20.3 Å². The normalized spacial score (nSPS) is 7.11. The third kappa shape index (κ3) is 9.57. The molecular formula is C13H26N2O3. The van der Waals surface area contributed by atoms with Crippen LogP contribution in [-0.2, 0) is 0 Å². The highest BCUT2D eigenvalue weighted by Crippen LogP contribution is 2.13. The lowest BCUT2D eigenvalue weighted by molar-refractivity contribution is 0.111. The monoisotopic (exact) mass is 258 g/mol. The number of aldehydes is 1. The first kappa shape index (κ1) is 21.6. The Bertz CT molecular complexity index is 269. The Hall–Kier alpha value is -1.65. The summed E-state index contributed by atoms with van der Waals surface area (Å²) in [6, 6.07) is 1.49. The predicted molar refractivity (Wildman–Crippen MR) is 74.6 cm³/mol. The van der Waals surface area contributed by atoms with E-state index in [4.69, 9.17) is 9.47 Å². The highest BCUT2D eigenvalue weighted by Gasteiger charge is 2.02. The van der Waals surface area contributed by atoms with Crippen LogP contribution in [0.1, 0.15) is 52.2 Å².